The van der Waals surface area contributed by atoms with Crippen LogP contribution in [0, 0.1) is 0 Å². The van der Waals surface area contributed by atoms with Crippen LogP contribution in [0.3, 0.4) is 0 Å². The van der Waals surface area contributed by atoms with Gasteiger partial charge >= 0.3 is 0 Å². The molecule has 0 bridgehead atoms. The van der Waals surface area contributed by atoms with Crippen molar-refractivity contribution in [1.82, 2.24) is 4.98 Å². The Morgan fingerprint density at radius 2 is 1.94 bits per heavy atom. The van der Waals surface area contributed by atoms with Gasteiger partial charge < -0.3 is 5.32 Å². The maximum atomic E-state index is 11.3. The molecule has 0 saturated carbocycles. The maximum absolute atomic E-state index is 11.3. The third-order valence-electron chi connectivity index (χ3n) is 3.40. The van der Waals surface area contributed by atoms with Gasteiger partial charge in [0.05, 0.1) is 0 Å². The van der Waals surface area contributed by atoms with Gasteiger partial charge in [-0.15, -0.1) is 0 Å². The molecule has 0 atom stereocenters. The molecule has 0 aliphatic carbocycles. The quantitative estimate of drug-likeness (QED) is 0.902. The van der Waals surface area contributed by atoms with Crippen molar-refractivity contribution in [3.63, 3.8) is 0 Å². The van der Waals surface area contributed by atoms with Crippen molar-refractivity contribution in [3.8, 4) is 0 Å². The third kappa shape index (κ3) is 2.38. The van der Waals surface area contributed by atoms with Gasteiger partial charge in [0.1, 0.15) is 5.82 Å². The summed E-state index contributed by atoms with van der Waals surface area (Å²) in [5, 5.41) is 5.86. The summed E-state index contributed by atoms with van der Waals surface area (Å²) >= 11 is 0. The van der Waals surface area contributed by atoms with E-state index in [9.17, 15) is 4.21 Å². The number of fused-ring (bicyclic) bond motifs is 1. The molecule has 1 saturated heterocycles. The van der Waals surface area contributed by atoms with Crippen molar-refractivity contribution >= 4 is 27.4 Å². The van der Waals surface area contributed by atoms with Crippen LogP contribution >= 0.6 is 0 Å². The summed E-state index contributed by atoms with van der Waals surface area (Å²) in [5.74, 6) is 2.57. The first-order valence-electron chi connectivity index (χ1n) is 6.28. The average molecular weight is 260 g/mol. The predicted molar refractivity (Wildman–Crippen MR) is 76.3 cm³/mol. The first-order chi connectivity index (χ1) is 8.83. The Hall–Kier alpha value is -1.42. The minimum absolute atomic E-state index is 0.404. The van der Waals surface area contributed by atoms with E-state index in [1.165, 1.54) is 5.39 Å². The molecule has 2 aromatic rings. The molecule has 1 aromatic carbocycles. The molecule has 1 N–H and O–H groups in total. The van der Waals surface area contributed by atoms with Gasteiger partial charge in [-0.25, -0.2) is 4.98 Å². The molecule has 18 heavy (non-hydrogen) atoms. The van der Waals surface area contributed by atoms with Gasteiger partial charge in [-0.2, -0.15) is 0 Å². The molecule has 0 unspecified atom stereocenters. The summed E-state index contributed by atoms with van der Waals surface area (Å²) < 4.78 is 11.3. The Labute approximate surface area is 109 Å². The molecule has 3 nitrogen and oxygen atoms in total. The number of hydrogen-bond donors (Lipinski definition) is 1. The van der Waals surface area contributed by atoms with Crippen LogP contribution in [0.1, 0.15) is 12.8 Å². The second-order valence-corrected chi connectivity index (χ2v) is 6.34. The van der Waals surface area contributed by atoms with E-state index in [1.54, 1.807) is 0 Å². The molecule has 1 aromatic heterocycles. The highest BCUT2D eigenvalue weighted by molar-refractivity contribution is 7.85. The normalized spacial score (nSPS) is 24.0. The molecule has 1 aliphatic rings. The van der Waals surface area contributed by atoms with Crippen LogP contribution in [0.2, 0.25) is 0 Å². The zero-order valence-corrected chi connectivity index (χ0v) is 11.0. The third-order valence-corrected chi connectivity index (χ3v) is 4.78. The largest absolute Gasteiger partial charge is 0.367 e. The SMILES string of the molecule is O=S1CCC(Nc2nccc3ccccc23)CC1. The second kappa shape index (κ2) is 5.06. The van der Waals surface area contributed by atoms with E-state index in [0.717, 1.165) is 35.6 Å². The van der Waals surface area contributed by atoms with Crippen LogP contribution in [-0.2, 0) is 10.8 Å². The molecule has 1 aliphatic heterocycles. The lowest BCUT2D eigenvalue weighted by molar-refractivity contribution is 0.623. The summed E-state index contributed by atoms with van der Waals surface area (Å²) in [6.45, 7) is 0. The lowest BCUT2D eigenvalue weighted by Gasteiger charge is -2.23. The number of benzene rings is 1. The number of hydrogen-bond acceptors (Lipinski definition) is 3. The highest BCUT2D eigenvalue weighted by Gasteiger charge is 2.18. The van der Waals surface area contributed by atoms with E-state index in [0.29, 0.717) is 6.04 Å². The first-order valence-corrected chi connectivity index (χ1v) is 7.77. The van der Waals surface area contributed by atoms with Crippen LogP contribution in [0.15, 0.2) is 36.5 Å². The zero-order valence-electron chi connectivity index (χ0n) is 10.1. The van der Waals surface area contributed by atoms with E-state index in [2.05, 4.69) is 22.4 Å². The molecular formula is C14H16N2OS. The molecule has 1 fully saturated rings. The molecular weight excluding hydrogens is 244 g/mol. The second-order valence-electron chi connectivity index (χ2n) is 4.65. The van der Waals surface area contributed by atoms with Gasteiger partial charge in [-0.05, 0) is 24.3 Å². The first kappa shape index (κ1) is 11.7. The van der Waals surface area contributed by atoms with E-state index in [-0.39, 0.29) is 0 Å². The fourth-order valence-electron chi connectivity index (χ4n) is 2.37. The van der Waals surface area contributed by atoms with E-state index >= 15 is 0 Å². The predicted octanol–water partition coefficient (Wildman–Crippen LogP) is 2.56. The summed E-state index contributed by atoms with van der Waals surface area (Å²) in [5.41, 5.74) is 0. The fraction of sp³-hybridized carbons (Fsp3) is 0.357. The van der Waals surface area contributed by atoms with Crippen molar-refractivity contribution < 1.29 is 4.21 Å². The van der Waals surface area contributed by atoms with Crippen molar-refractivity contribution in [2.24, 2.45) is 0 Å². The minimum atomic E-state index is -0.606. The van der Waals surface area contributed by atoms with E-state index in [4.69, 9.17) is 0 Å². The van der Waals surface area contributed by atoms with Crippen LogP contribution in [0.5, 0.6) is 0 Å². The summed E-state index contributed by atoms with van der Waals surface area (Å²) in [7, 11) is -0.606. The van der Waals surface area contributed by atoms with Crippen molar-refractivity contribution in [2.75, 3.05) is 16.8 Å². The number of nitrogens with one attached hydrogen (secondary N) is 1. The monoisotopic (exact) mass is 260 g/mol. The van der Waals surface area contributed by atoms with Gasteiger partial charge in [0.25, 0.3) is 0 Å². The lowest BCUT2D eigenvalue weighted by atomic mass is 10.1. The molecule has 0 amide bonds. The molecule has 0 radical (unpaired) electrons. The zero-order chi connectivity index (χ0) is 12.4. The van der Waals surface area contributed by atoms with Crippen LogP contribution < -0.4 is 5.32 Å². The van der Waals surface area contributed by atoms with E-state index < -0.39 is 10.8 Å². The highest BCUT2D eigenvalue weighted by Crippen LogP contribution is 2.23. The molecule has 2 heterocycles. The number of rotatable bonds is 2. The van der Waals surface area contributed by atoms with Crippen LogP contribution in [-0.4, -0.2) is 26.7 Å². The number of pyridine rings is 1. The molecule has 0 spiro atoms. The summed E-state index contributed by atoms with van der Waals surface area (Å²) in [4.78, 5) is 4.43. The Morgan fingerprint density at radius 3 is 2.78 bits per heavy atom. The number of anilines is 1. The fourth-order valence-corrected chi connectivity index (χ4v) is 3.67. The summed E-state index contributed by atoms with van der Waals surface area (Å²) in [6.07, 6.45) is 3.78. The van der Waals surface area contributed by atoms with E-state index in [1.807, 2.05) is 24.4 Å². The van der Waals surface area contributed by atoms with Gasteiger partial charge in [-0.1, -0.05) is 24.3 Å². The topological polar surface area (TPSA) is 42.0 Å². The number of aromatic nitrogens is 1. The van der Waals surface area contributed by atoms with Crippen molar-refractivity contribution in [3.05, 3.63) is 36.5 Å². The van der Waals surface area contributed by atoms with Crippen LogP contribution in [0.4, 0.5) is 5.82 Å². The standard InChI is InChI=1S/C14H16N2OS/c17-18-9-6-12(7-10-18)16-14-13-4-2-1-3-11(13)5-8-15-14/h1-5,8,12H,6-7,9-10H2,(H,15,16). The van der Waals surface area contributed by atoms with Gasteiger partial charge in [0.15, 0.2) is 0 Å². The summed E-state index contributed by atoms with van der Waals surface area (Å²) in [6, 6.07) is 10.7. The molecule has 3 rings (SSSR count). The van der Waals surface area contributed by atoms with Crippen molar-refractivity contribution in [2.45, 2.75) is 18.9 Å². The Kier molecular flexibility index (Phi) is 3.28. The lowest BCUT2D eigenvalue weighted by Crippen LogP contribution is -2.29. The smallest absolute Gasteiger partial charge is 0.134 e. The Morgan fingerprint density at radius 1 is 1.17 bits per heavy atom. The van der Waals surface area contributed by atoms with Gasteiger partial charge in [-0.3, -0.25) is 4.21 Å². The van der Waals surface area contributed by atoms with Crippen molar-refractivity contribution in [1.29, 1.82) is 0 Å². The highest BCUT2D eigenvalue weighted by atomic mass is 32.2. The van der Waals surface area contributed by atoms with Crippen LogP contribution in [0.25, 0.3) is 10.8 Å². The molecule has 94 valence electrons. The van der Waals surface area contributed by atoms with Gasteiger partial charge in [0, 0.05) is 39.9 Å². The Bertz CT molecular complexity index is 570. The maximum Gasteiger partial charge on any atom is 0.134 e. The van der Waals surface area contributed by atoms with Gasteiger partial charge in [0.2, 0.25) is 0 Å². The minimum Gasteiger partial charge on any atom is -0.367 e. The average Bonchev–Trinajstić information content (AvgIpc) is 2.42. The molecule has 4 heteroatoms. The number of nitrogens with zero attached hydrogens (tertiary/aromatic N) is 1. The Balaban J connectivity index is 1.84.